The smallest absolute Gasteiger partial charge is 0.0312 e. The Morgan fingerprint density at radius 3 is 3.07 bits per heavy atom. The lowest BCUT2D eigenvalue weighted by atomic mass is 10.1. The predicted molar refractivity (Wildman–Crippen MR) is 61.2 cm³/mol. The molecule has 1 aromatic rings. The maximum absolute atomic E-state index is 5.60. The van der Waals surface area contributed by atoms with Gasteiger partial charge in [-0.15, -0.1) is 0 Å². The second kappa shape index (κ2) is 4.80. The first kappa shape index (κ1) is 9.99. The third-order valence-corrected chi connectivity index (χ3v) is 4.04. The number of nitrogens with two attached hydrogens (primary N) is 1. The fourth-order valence-electron chi connectivity index (χ4n) is 1.80. The van der Waals surface area contributed by atoms with Crippen LogP contribution in [0.1, 0.15) is 35.6 Å². The van der Waals surface area contributed by atoms with Gasteiger partial charge in [0.2, 0.25) is 0 Å². The summed E-state index contributed by atoms with van der Waals surface area (Å²) in [5.41, 5.74) is 8.11. The van der Waals surface area contributed by atoms with Crippen molar-refractivity contribution in [3.05, 3.63) is 29.6 Å². The average Bonchev–Trinajstić information content (AvgIpc) is 2.30. The van der Waals surface area contributed by atoms with Gasteiger partial charge in [0.15, 0.2) is 0 Å². The zero-order chi connectivity index (χ0) is 9.80. The number of aromatic nitrogens is 1. The molecule has 3 heteroatoms. The minimum Gasteiger partial charge on any atom is -0.326 e. The Labute approximate surface area is 89.3 Å². The molecule has 14 heavy (non-hydrogen) atoms. The third kappa shape index (κ3) is 2.28. The highest BCUT2D eigenvalue weighted by atomic mass is 32.2. The SMILES string of the molecule is NCc1cncc(C2CCCCS2)c1. The summed E-state index contributed by atoms with van der Waals surface area (Å²) < 4.78 is 0. The topological polar surface area (TPSA) is 38.9 Å². The molecule has 0 aliphatic carbocycles. The number of nitrogens with zero attached hydrogens (tertiary/aromatic N) is 1. The van der Waals surface area contributed by atoms with E-state index in [4.69, 9.17) is 5.73 Å². The van der Waals surface area contributed by atoms with E-state index >= 15 is 0 Å². The van der Waals surface area contributed by atoms with Crippen LogP contribution in [0.25, 0.3) is 0 Å². The van der Waals surface area contributed by atoms with Gasteiger partial charge in [-0.05, 0) is 29.7 Å². The van der Waals surface area contributed by atoms with Gasteiger partial charge in [-0.3, -0.25) is 4.98 Å². The van der Waals surface area contributed by atoms with Gasteiger partial charge >= 0.3 is 0 Å². The van der Waals surface area contributed by atoms with E-state index in [0.29, 0.717) is 11.8 Å². The molecule has 2 nitrogen and oxygen atoms in total. The highest BCUT2D eigenvalue weighted by molar-refractivity contribution is 7.99. The molecule has 2 rings (SSSR count). The van der Waals surface area contributed by atoms with Gasteiger partial charge in [0.05, 0.1) is 0 Å². The molecule has 1 aromatic heterocycles. The van der Waals surface area contributed by atoms with Gasteiger partial charge in [-0.1, -0.05) is 12.5 Å². The van der Waals surface area contributed by atoms with Crippen molar-refractivity contribution in [2.24, 2.45) is 5.73 Å². The Balaban J connectivity index is 2.13. The van der Waals surface area contributed by atoms with E-state index in [-0.39, 0.29) is 0 Å². The summed E-state index contributed by atoms with van der Waals surface area (Å²) in [6.45, 7) is 0.595. The fraction of sp³-hybridized carbons (Fsp3) is 0.545. The Morgan fingerprint density at radius 2 is 2.36 bits per heavy atom. The first-order valence-electron chi connectivity index (χ1n) is 5.15. The summed E-state index contributed by atoms with van der Waals surface area (Å²) in [6.07, 6.45) is 7.86. The molecule has 0 radical (unpaired) electrons. The van der Waals surface area contributed by atoms with E-state index < -0.39 is 0 Å². The minimum absolute atomic E-state index is 0.595. The van der Waals surface area contributed by atoms with Crippen LogP contribution in [0.3, 0.4) is 0 Å². The van der Waals surface area contributed by atoms with Gasteiger partial charge in [-0.2, -0.15) is 11.8 Å². The van der Waals surface area contributed by atoms with E-state index in [1.807, 2.05) is 12.4 Å². The minimum atomic E-state index is 0.595. The maximum Gasteiger partial charge on any atom is 0.0312 e. The molecular weight excluding hydrogens is 192 g/mol. The number of hydrogen-bond donors (Lipinski definition) is 1. The number of thioether (sulfide) groups is 1. The van der Waals surface area contributed by atoms with Crippen LogP contribution in [0.2, 0.25) is 0 Å². The highest BCUT2D eigenvalue weighted by Crippen LogP contribution is 2.37. The standard InChI is InChI=1S/C11H16N2S/c12-6-9-5-10(8-13-7-9)11-3-1-2-4-14-11/h5,7-8,11H,1-4,6,12H2. The lowest BCUT2D eigenvalue weighted by molar-refractivity contribution is 0.684. The highest BCUT2D eigenvalue weighted by Gasteiger charge is 2.16. The monoisotopic (exact) mass is 208 g/mol. The van der Waals surface area contributed by atoms with E-state index in [1.165, 1.54) is 30.6 Å². The van der Waals surface area contributed by atoms with Crippen LogP contribution in [0.15, 0.2) is 18.5 Å². The van der Waals surface area contributed by atoms with Crippen molar-refractivity contribution in [1.29, 1.82) is 0 Å². The Hall–Kier alpha value is -0.540. The van der Waals surface area contributed by atoms with Crippen molar-refractivity contribution in [2.45, 2.75) is 31.1 Å². The molecule has 1 unspecified atom stereocenters. The fourth-order valence-corrected chi connectivity index (χ4v) is 3.11. The molecule has 2 N–H and O–H groups in total. The summed E-state index contributed by atoms with van der Waals surface area (Å²) in [6, 6.07) is 2.20. The molecule has 1 aliphatic rings. The molecule has 1 aliphatic heterocycles. The zero-order valence-electron chi connectivity index (χ0n) is 8.28. The molecule has 0 saturated carbocycles. The third-order valence-electron chi connectivity index (χ3n) is 2.60. The molecular formula is C11H16N2S. The Morgan fingerprint density at radius 1 is 1.43 bits per heavy atom. The van der Waals surface area contributed by atoms with E-state index in [1.54, 1.807) is 0 Å². The summed E-state index contributed by atoms with van der Waals surface area (Å²) in [5, 5.41) is 0.655. The molecule has 0 aromatic carbocycles. The average molecular weight is 208 g/mol. The van der Waals surface area contributed by atoms with Crippen molar-refractivity contribution in [3.63, 3.8) is 0 Å². The molecule has 76 valence electrons. The summed E-state index contributed by atoms with van der Waals surface area (Å²) in [5.74, 6) is 1.29. The van der Waals surface area contributed by atoms with Crippen molar-refractivity contribution >= 4 is 11.8 Å². The number of pyridine rings is 1. The second-order valence-electron chi connectivity index (χ2n) is 3.69. The van der Waals surface area contributed by atoms with Crippen LogP contribution in [0.5, 0.6) is 0 Å². The Bertz CT molecular complexity index is 295. The van der Waals surface area contributed by atoms with Crippen molar-refractivity contribution in [2.75, 3.05) is 5.75 Å². The molecule has 2 heterocycles. The van der Waals surface area contributed by atoms with Crippen LogP contribution in [0.4, 0.5) is 0 Å². The lowest BCUT2D eigenvalue weighted by Crippen LogP contribution is -2.04. The summed E-state index contributed by atoms with van der Waals surface area (Å²) >= 11 is 2.05. The van der Waals surface area contributed by atoms with E-state index in [0.717, 1.165) is 5.56 Å². The summed E-state index contributed by atoms with van der Waals surface area (Å²) in [7, 11) is 0. The predicted octanol–water partition coefficient (Wildman–Crippen LogP) is 2.50. The van der Waals surface area contributed by atoms with E-state index in [9.17, 15) is 0 Å². The molecule has 1 saturated heterocycles. The van der Waals surface area contributed by atoms with Gasteiger partial charge in [-0.25, -0.2) is 0 Å². The molecule has 1 fully saturated rings. The number of rotatable bonds is 2. The van der Waals surface area contributed by atoms with Crippen LogP contribution in [-0.4, -0.2) is 10.7 Å². The van der Waals surface area contributed by atoms with Gasteiger partial charge in [0.25, 0.3) is 0 Å². The van der Waals surface area contributed by atoms with Crippen LogP contribution >= 0.6 is 11.8 Å². The van der Waals surface area contributed by atoms with Crippen molar-refractivity contribution < 1.29 is 0 Å². The largest absolute Gasteiger partial charge is 0.326 e. The first-order chi connectivity index (χ1) is 6.90. The van der Waals surface area contributed by atoms with Crippen LogP contribution in [-0.2, 0) is 6.54 Å². The quantitative estimate of drug-likeness (QED) is 0.811. The molecule has 0 bridgehead atoms. The van der Waals surface area contributed by atoms with Crippen molar-refractivity contribution in [1.82, 2.24) is 4.98 Å². The van der Waals surface area contributed by atoms with Crippen LogP contribution in [0, 0.1) is 0 Å². The second-order valence-corrected chi connectivity index (χ2v) is 5.00. The molecule has 0 amide bonds. The van der Waals surface area contributed by atoms with Gasteiger partial charge in [0.1, 0.15) is 0 Å². The van der Waals surface area contributed by atoms with Crippen LogP contribution < -0.4 is 5.73 Å². The molecule has 1 atom stereocenters. The summed E-state index contributed by atoms with van der Waals surface area (Å²) in [4.78, 5) is 4.24. The Kier molecular flexibility index (Phi) is 3.43. The lowest BCUT2D eigenvalue weighted by Gasteiger charge is -2.21. The number of hydrogen-bond acceptors (Lipinski definition) is 3. The van der Waals surface area contributed by atoms with E-state index in [2.05, 4.69) is 22.8 Å². The molecule has 0 spiro atoms. The van der Waals surface area contributed by atoms with Crippen molar-refractivity contribution in [3.8, 4) is 0 Å². The van der Waals surface area contributed by atoms with Gasteiger partial charge < -0.3 is 5.73 Å². The maximum atomic E-state index is 5.60. The first-order valence-corrected chi connectivity index (χ1v) is 6.20. The van der Waals surface area contributed by atoms with Gasteiger partial charge in [0, 0.05) is 24.2 Å². The zero-order valence-corrected chi connectivity index (χ0v) is 9.09. The normalized spacial score (nSPS) is 22.2.